The minimum absolute atomic E-state index is 0.179. The van der Waals surface area contributed by atoms with Gasteiger partial charge in [-0.25, -0.2) is 9.97 Å². The van der Waals surface area contributed by atoms with Crippen LogP contribution in [0.4, 0.5) is 11.5 Å². The van der Waals surface area contributed by atoms with E-state index in [1.165, 1.54) is 5.56 Å². The van der Waals surface area contributed by atoms with Crippen molar-refractivity contribution in [1.29, 1.82) is 0 Å². The van der Waals surface area contributed by atoms with E-state index in [-0.39, 0.29) is 6.10 Å². The van der Waals surface area contributed by atoms with Gasteiger partial charge >= 0.3 is 0 Å². The molecule has 0 unspecified atom stereocenters. The Labute approximate surface area is 206 Å². The summed E-state index contributed by atoms with van der Waals surface area (Å²) in [6.45, 7) is 5.02. The lowest BCUT2D eigenvalue weighted by Crippen LogP contribution is -2.36. The van der Waals surface area contributed by atoms with Crippen molar-refractivity contribution in [3.63, 3.8) is 0 Å². The van der Waals surface area contributed by atoms with E-state index >= 15 is 0 Å². The first-order valence-corrected chi connectivity index (χ1v) is 12.8. The van der Waals surface area contributed by atoms with E-state index in [1.807, 2.05) is 6.20 Å². The summed E-state index contributed by atoms with van der Waals surface area (Å²) in [4.78, 5) is 16.1. The van der Waals surface area contributed by atoms with Crippen LogP contribution in [0.15, 0.2) is 42.9 Å². The number of nitrogens with zero attached hydrogens (tertiary/aromatic N) is 4. The largest absolute Gasteiger partial charge is 0.488 e. The van der Waals surface area contributed by atoms with Crippen molar-refractivity contribution in [2.75, 3.05) is 49.7 Å². The van der Waals surface area contributed by atoms with Crippen molar-refractivity contribution >= 4 is 22.5 Å². The summed E-state index contributed by atoms with van der Waals surface area (Å²) >= 11 is 0. The number of aromatic nitrogens is 3. The molecule has 2 aliphatic heterocycles. The lowest BCUT2D eigenvalue weighted by molar-refractivity contribution is -0.0312. The van der Waals surface area contributed by atoms with E-state index in [4.69, 9.17) is 14.2 Å². The summed E-state index contributed by atoms with van der Waals surface area (Å²) in [5.41, 5.74) is 4.13. The third kappa shape index (κ3) is 5.33. The van der Waals surface area contributed by atoms with Crippen LogP contribution in [0.1, 0.15) is 31.2 Å². The van der Waals surface area contributed by atoms with Crippen LogP contribution >= 0.6 is 0 Å². The maximum absolute atomic E-state index is 6.55. The van der Waals surface area contributed by atoms with E-state index in [0.29, 0.717) is 12.0 Å². The third-order valence-corrected chi connectivity index (χ3v) is 7.28. The van der Waals surface area contributed by atoms with Gasteiger partial charge in [-0.3, -0.25) is 4.98 Å². The number of ether oxygens (including phenoxy) is 3. The molecule has 0 atom stereocenters. The zero-order valence-corrected chi connectivity index (χ0v) is 20.1. The summed E-state index contributed by atoms with van der Waals surface area (Å²) in [5, 5.41) is 3.62. The summed E-state index contributed by atoms with van der Waals surface area (Å²) in [7, 11) is 0. The van der Waals surface area contributed by atoms with Gasteiger partial charge in [0.2, 0.25) is 0 Å². The third-order valence-electron chi connectivity index (χ3n) is 7.28. The Bertz CT molecular complexity index is 1120. The number of hydrogen-bond donors (Lipinski definition) is 1. The number of nitrogens with one attached hydrogen (secondary N) is 1. The van der Waals surface area contributed by atoms with Crippen LogP contribution < -0.4 is 15.0 Å². The summed E-state index contributed by atoms with van der Waals surface area (Å²) < 4.78 is 17.4. The SMILES string of the molecule is c1cnc2c(OC3CCC(Nc4ccc(CC5COC5)cn4)CC3)cc(N3CCOCC3)cc2n1. The number of hydrogen-bond acceptors (Lipinski definition) is 8. The normalized spacial score (nSPS) is 23.1. The Balaban J connectivity index is 1.07. The summed E-state index contributed by atoms with van der Waals surface area (Å²) in [5.74, 6) is 2.45. The van der Waals surface area contributed by atoms with Crippen LogP contribution in [-0.2, 0) is 15.9 Å². The van der Waals surface area contributed by atoms with Crippen molar-refractivity contribution in [3.05, 3.63) is 48.4 Å². The molecule has 8 nitrogen and oxygen atoms in total. The Hall–Kier alpha value is -2.97. The molecule has 0 amide bonds. The molecule has 3 aromatic rings. The average molecular weight is 476 g/mol. The van der Waals surface area contributed by atoms with Gasteiger partial charge in [-0.1, -0.05) is 6.07 Å². The van der Waals surface area contributed by atoms with Crippen LogP contribution in [0.3, 0.4) is 0 Å². The van der Waals surface area contributed by atoms with Crippen molar-refractivity contribution in [1.82, 2.24) is 15.0 Å². The average Bonchev–Trinajstić information content (AvgIpc) is 2.89. The molecule has 2 saturated heterocycles. The zero-order chi connectivity index (χ0) is 23.5. The van der Waals surface area contributed by atoms with E-state index in [2.05, 4.69) is 49.4 Å². The van der Waals surface area contributed by atoms with Crippen LogP contribution in [-0.4, -0.2) is 66.6 Å². The van der Waals surface area contributed by atoms with Gasteiger partial charge in [0, 0.05) is 55.4 Å². The highest BCUT2D eigenvalue weighted by Gasteiger charge is 2.25. The van der Waals surface area contributed by atoms with Gasteiger partial charge < -0.3 is 24.4 Å². The lowest BCUT2D eigenvalue weighted by atomic mass is 9.93. The zero-order valence-electron chi connectivity index (χ0n) is 20.1. The van der Waals surface area contributed by atoms with Crippen LogP contribution in [0.2, 0.25) is 0 Å². The predicted octanol–water partition coefficient (Wildman–Crippen LogP) is 3.85. The Morgan fingerprint density at radius 1 is 0.943 bits per heavy atom. The first-order valence-electron chi connectivity index (χ1n) is 12.8. The highest BCUT2D eigenvalue weighted by atomic mass is 16.5. The van der Waals surface area contributed by atoms with Gasteiger partial charge in [0.25, 0.3) is 0 Å². The monoisotopic (exact) mass is 475 g/mol. The molecule has 1 aromatic carbocycles. The molecule has 1 saturated carbocycles. The predicted molar refractivity (Wildman–Crippen MR) is 135 cm³/mol. The van der Waals surface area contributed by atoms with Gasteiger partial charge in [-0.2, -0.15) is 0 Å². The smallest absolute Gasteiger partial charge is 0.149 e. The highest BCUT2D eigenvalue weighted by Crippen LogP contribution is 2.33. The van der Waals surface area contributed by atoms with Crippen molar-refractivity contribution in [2.45, 2.75) is 44.2 Å². The molecule has 2 aromatic heterocycles. The van der Waals surface area contributed by atoms with E-state index in [1.54, 1.807) is 12.4 Å². The van der Waals surface area contributed by atoms with Crippen molar-refractivity contribution in [2.24, 2.45) is 5.92 Å². The maximum atomic E-state index is 6.55. The second kappa shape index (κ2) is 10.3. The Morgan fingerprint density at radius 2 is 1.77 bits per heavy atom. The molecule has 1 N–H and O–H groups in total. The van der Waals surface area contributed by atoms with Crippen LogP contribution in [0, 0.1) is 5.92 Å². The first kappa shape index (κ1) is 22.5. The van der Waals surface area contributed by atoms with Crippen molar-refractivity contribution < 1.29 is 14.2 Å². The van der Waals surface area contributed by atoms with Gasteiger partial charge in [-0.05, 0) is 49.8 Å². The molecule has 4 heterocycles. The van der Waals surface area contributed by atoms with Crippen LogP contribution in [0.25, 0.3) is 11.0 Å². The fourth-order valence-corrected chi connectivity index (χ4v) is 5.20. The molecule has 0 bridgehead atoms. The Kier molecular flexibility index (Phi) is 6.64. The van der Waals surface area contributed by atoms with Crippen molar-refractivity contribution in [3.8, 4) is 5.75 Å². The topological polar surface area (TPSA) is 81.6 Å². The molecule has 8 heteroatoms. The number of anilines is 2. The molecular formula is C27H33N5O3. The molecule has 1 aliphatic carbocycles. The lowest BCUT2D eigenvalue weighted by Gasteiger charge is -2.31. The number of morpholine rings is 1. The minimum atomic E-state index is 0.179. The number of pyridine rings is 1. The molecule has 0 spiro atoms. The fourth-order valence-electron chi connectivity index (χ4n) is 5.20. The Morgan fingerprint density at radius 3 is 2.51 bits per heavy atom. The first-order chi connectivity index (χ1) is 17.3. The van der Waals surface area contributed by atoms with Gasteiger partial charge in [0.05, 0.1) is 38.0 Å². The molecule has 0 radical (unpaired) electrons. The second-order valence-electron chi connectivity index (χ2n) is 9.86. The van der Waals surface area contributed by atoms with Crippen LogP contribution in [0.5, 0.6) is 5.75 Å². The van der Waals surface area contributed by atoms with Gasteiger partial charge in [0.1, 0.15) is 17.1 Å². The van der Waals surface area contributed by atoms with E-state index < -0.39 is 0 Å². The molecule has 3 fully saturated rings. The number of benzene rings is 1. The van der Waals surface area contributed by atoms with E-state index in [0.717, 1.165) is 99.9 Å². The minimum Gasteiger partial charge on any atom is -0.488 e. The fraction of sp³-hybridized carbons (Fsp3) is 0.519. The quantitative estimate of drug-likeness (QED) is 0.552. The highest BCUT2D eigenvalue weighted by molar-refractivity contribution is 5.85. The molecular weight excluding hydrogens is 442 g/mol. The molecule has 35 heavy (non-hydrogen) atoms. The van der Waals surface area contributed by atoms with E-state index in [9.17, 15) is 0 Å². The summed E-state index contributed by atoms with van der Waals surface area (Å²) in [6, 6.07) is 8.97. The second-order valence-corrected chi connectivity index (χ2v) is 9.86. The maximum Gasteiger partial charge on any atom is 0.149 e. The van der Waals surface area contributed by atoms with Gasteiger partial charge in [-0.15, -0.1) is 0 Å². The molecule has 184 valence electrons. The summed E-state index contributed by atoms with van der Waals surface area (Å²) in [6.07, 6.45) is 10.8. The van der Waals surface area contributed by atoms with Gasteiger partial charge in [0.15, 0.2) is 0 Å². The number of rotatable bonds is 7. The number of fused-ring (bicyclic) bond motifs is 1. The standard InChI is InChI=1S/C27H33N5O3/c1-6-26(30-16-19(1)13-20-17-34-18-20)31-21-2-4-23(5-3-21)35-25-15-22(32-9-11-33-12-10-32)14-24-27(25)29-8-7-28-24/h1,6-8,14-16,20-21,23H,2-5,9-13,17-18H2,(H,30,31). The molecule has 3 aliphatic rings. The molecule has 6 rings (SSSR count).